The Morgan fingerprint density at radius 1 is 1.29 bits per heavy atom. The molecule has 1 atom stereocenters. The number of alkyl halides is 2. The average Bonchev–Trinajstić information content (AvgIpc) is 2.72. The van der Waals surface area contributed by atoms with Crippen LogP contribution in [-0.4, -0.2) is 24.0 Å². The maximum atomic E-state index is 12.3. The molecule has 17 heavy (non-hydrogen) atoms. The van der Waals surface area contributed by atoms with Crippen molar-refractivity contribution in [1.82, 2.24) is 10.3 Å². The lowest BCUT2D eigenvalue weighted by Gasteiger charge is -2.11. The predicted molar refractivity (Wildman–Crippen MR) is 65.5 cm³/mol. The zero-order valence-electron chi connectivity index (χ0n) is 9.71. The number of fused-ring (bicyclic) bond motifs is 1. The quantitative estimate of drug-likeness (QED) is 0.823. The number of aromatic amines is 1. The summed E-state index contributed by atoms with van der Waals surface area (Å²) >= 11 is 0. The van der Waals surface area contributed by atoms with E-state index < -0.39 is 12.5 Å². The van der Waals surface area contributed by atoms with Crippen molar-refractivity contribution in [2.75, 3.05) is 6.54 Å². The smallest absolute Gasteiger partial charge is 0.253 e. The molecule has 0 bridgehead atoms. The predicted octanol–water partition coefficient (Wildman–Crippen LogP) is 2.95. The third kappa shape index (κ3) is 2.82. The summed E-state index contributed by atoms with van der Waals surface area (Å²) in [6.07, 6.45) is 0.387. The molecule has 2 aromatic rings. The summed E-state index contributed by atoms with van der Waals surface area (Å²) in [5.74, 6) is 0. The summed E-state index contributed by atoms with van der Waals surface area (Å²) in [4.78, 5) is 3.17. The maximum absolute atomic E-state index is 12.3. The van der Waals surface area contributed by atoms with Crippen molar-refractivity contribution in [3.05, 3.63) is 36.0 Å². The van der Waals surface area contributed by atoms with E-state index in [4.69, 9.17) is 0 Å². The molecule has 0 aliphatic rings. The monoisotopic (exact) mass is 238 g/mol. The maximum Gasteiger partial charge on any atom is 0.253 e. The van der Waals surface area contributed by atoms with Crippen molar-refractivity contribution >= 4 is 10.9 Å². The fourth-order valence-corrected chi connectivity index (χ4v) is 1.86. The first kappa shape index (κ1) is 12.0. The minimum atomic E-state index is -2.31. The number of nitrogens with one attached hydrogen (secondary N) is 2. The topological polar surface area (TPSA) is 27.8 Å². The van der Waals surface area contributed by atoms with Gasteiger partial charge in [-0.1, -0.05) is 18.2 Å². The minimum absolute atomic E-state index is 0.563. The number of aromatic nitrogens is 1. The van der Waals surface area contributed by atoms with Gasteiger partial charge in [-0.2, -0.15) is 0 Å². The van der Waals surface area contributed by atoms with Gasteiger partial charge in [-0.15, -0.1) is 0 Å². The summed E-state index contributed by atoms with van der Waals surface area (Å²) < 4.78 is 24.6. The Hall–Kier alpha value is -1.42. The van der Waals surface area contributed by atoms with Gasteiger partial charge in [-0.25, -0.2) is 8.78 Å². The second-order valence-corrected chi connectivity index (χ2v) is 4.19. The number of halogens is 2. The highest BCUT2D eigenvalue weighted by Crippen LogP contribution is 2.17. The lowest BCUT2D eigenvalue weighted by molar-refractivity contribution is 0.106. The second-order valence-electron chi connectivity index (χ2n) is 4.19. The molecule has 92 valence electrons. The fraction of sp³-hybridized carbons (Fsp3) is 0.385. The molecule has 0 aliphatic heterocycles. The molecule has 0 spiro atoms. The highest BCUT2D eigenvalue weighted by atomic mass is 19.3. The summed E-state index contributed by atoms with van der Waals surface area (Å²) in [6.45, 7) is 2.06. The van der Waals surface area contributed by atoms with Crippen molar-refractivity contribution in [2.45, 2.75) is 25.8 Å². The van der Waals surface area contributed by atoms with Gasteiger partial charge in [0.25, 0.3) is 6.43 Å². The van der Waals surface area contributed by atoms with Crippen LogP contribution in [0.4, 0.5) is 8.78 Å². The molecule has 0 saturated heterocycles. The van der Waals surface area contributed by atoms with Crippen molar-refractivity contribution in [3.8, 4) is 0 Å². The molecule has 0 aliphatic carbocycles. The van der Waals surface area contributed by atoms with Gasteiger partial charge in [0.05, 0.1) is 6.04 Å². The Morgan fingerprint density at radius 2 is 2.06 bits per heavy atom. The summed E-state index contributed by atoms with van der Waals surface area (Å²) in [6, 6.07) is 7.25. The van der Waals surface area contributed by atoms with Gasteiger partial charge >= 0.3 is 0 Å². The molecular formula is C13H16F2N2. The van der Waals surface area contributed by atoms with Crippen LogP contribution >= 0.6 is 0 Å². The highest BCUT2D eigenvalue weighted by Gasteiger charge is 2.13. The first-order valence-electron chi connectivity index (χ1n) is 5.75. The van der Waals surface area contributed by atoms with E-state index in [-0.39, 0.29) is 0 Å². The molecular weight excluding hydrogens is 222 g/mol. The Bertz CT molecular complexity index is 479. The Morgan fingerprint density at radius 3 is 2.82 bits per heavy atom. The van der Waals surface area contributed by atoms with E-state index in [0.717, 1.165) is 17.5 Å². The molecule has 0 amide bonds. The van der Waals surface area contributed by atoms with Gasteiger partial charge in [0.15, 0.2) is 0 Å². The van der Waals surface area contributed by atoms with Gasteiger partial charge in [0, 0.05) is 17.1 Å². The van der Waals surface area contributed by atoms with E-state index in [1.54, 1.807) is 0 Å². The third-order valence-corrected chi connectivity index (χ3v) is 2.91. The molecule has 2 N–H and O–H groups in total. The lowest BCUT2D eigenvalue weighted by Crippen LogP contribution is -2.33. The van der Waals surface area contributed by atoms with Crippen molar-refractivity contribution < 1.29 is 8.78 Å². The number of H-pyrrole nitrogens is 1. The molecule has 0 radical (unpaired) electrons. The van der Waals surface area contributed by atoms with Gasteiger partial charge in [-0.05, 0) is 31.5 Å². The second kappa shape index (κ2) is 5.27. The van der Waals surface area contributed by atoms with E-state index >= 15 is 0 Å². The van der Waals surface area contributed by atoms with E-state index in [2.05, 4.69) is 10.3 Å². The number of hydrogen-bond acceptors (Lipinski definition) is 1. The van der Waals surface area contributed by atoms with Crippen LogP contribution in [0.1, 0.15) is 12.5 Å². The number of para-hydroxylation sites is 1. The molecule has 0 fully saturated rings. The molecule has 1 aromatic carbocycles. The molecule has 0 saturated carbocycles. The summed E-state index contributed by atoms with van der Waals surface area (Å²) in [5, 5.41) is 3.99. The fourth-order valence-electron chi connectivity index (χ4n) is 1.86. The van der Waals surface area contributed by atoms with Crippen LogP contribution in [-0.2, 0) is 6.42 Å². The number of hydrogen-bond donors (Lipinski definition) is 2. The Kier molecular flexibility index (Phi) is 3.74. The molecule has 1 aromatic heterocycles. The first-order chi connectivity index (χ1) is 8.18. The van der Waals surface area contributed by atoms with E-state index in [9.17, 15) is 8.78 Å². The van der Waals surface area contributed by atoms with Gasteiger partial charge < -0.3 is 10.3 Å². The average molecular weight is 238 g/mol. The minimum Gasteiger partial charge on any atom is -0.361 e. The summed E-state index contributed by atoms with van der Waals surface area (Å²) in [5.41, 5.74) is 2.25. The standard InChI is InChI=1S/C13H16F2N2/c1-9(13(14)15)16-7-6-10-8-17-12-5-3-2-4-11(10)12/h2-5,8-9,13,16-17H,6-7H2,1H3. The number of rotatable bonds is 5. The van der Waals surface area contributed by atoms with Crippen molar-refractivity contribution in [1.29, 1.82) is 0 Å². The van der Waals surface area contributed by atoms with E-state index in [0.29, 0.717) is 6.54 Å². The number of benzene rings is 1. The highest BCUT2D eigenvalue weighted by molar-refractivity contribution is 5.83. The van der Waals surface area contributed by atoms with Crippen LogP contribution in [0.3, 0.4) is 0 Å². The van der Waals surface area contributed by atoms with Crippen molar-refractivity contribution in [3.63, 3.8) is 0 Å². The van der Waals surface area contributed by atoms with Gasteiger partial charge in [0.2, 0.25) is 0 Å². The van der Waals surface area contributed by atoms with Gasteiger partial charge in [-0.3, -0.25) is 0 Å². The van der Waals surface area contributed by atoms with Crippen LogP contribution < -0.4 is 5.32 Å². The lowest BCUT2D eigenvalue weighted by atomic mass is 10.1. The molecule has 1 heterocycles. The van der Waals surface area contributed by atoms with Crippen LogP contribution in [0.15, 0.2) is 30.5 Å². The molecule has 2 nitrogen and oxygen atoms in total. The third-order valence-electron chi connectivity index (χ3n) is 2.91. The van der Waals surface area contributed by atoms with E-state index in [1.165, 1.54) is 12.3 Å². The SMILES string of the molecule is CC(NCCc1c[nH]c2ccccc12)C(F)F. The largest absolute Gasteiger partial charge is 0.361 e. The van der Waals surface area contributed by atoms with Crippen LogP contribution in [0.5, 0.6) is 0 Å². The molecule has 1 unspecified atom stereocenters. The molecule has 2 rings (SSSR count). The van der Waals surface area contributed by atoms with Crippen LogP contribution in [0, 0.1) is 0 Å². The van der Waals surface area contributed by atoms with Crippen molar-refractivity contribution in [2.24, 2.45) is 0 Å². The summed E-state index contributed by atoms with van der Waals surface area (Å²) in [7, 11) is 0. The van der Waals surface area contributed by atoms with Crippen LogP contribution in [0.25, 0.3) is 10.9 Å². The zero-order chi connectivity index (χ0) is 12.3. The van der Waals surface area contributed by atoms with Crippen LogP contribution in [0.2, 0.25) is 0 Å². The normalized spacial score (nSPS) is 13.4. The zero-order valence-corrected chi connectivity index (χ0v) is 9.71. The van der Waals surface area contributed by atoms with E-state index in [1.807, 2.05) is 30.5 Å². The Labute approximate surface area is 99.0 Å². The molecule has 4 heteroatoms. The Balaban J connectivity index is 1.95. The first-order valence-corrected chi connectivity index (χ1v) is 5.75. The van der Waals surface area contributed by atoms with Gasteiger partial charge in [0.1, 0.15) is 0 Å².